The second-order valence-electron chi connectivity index (χ2n) is 6.28. The first-order valence-electron chi connectivity index (χ1n) is 8.63. The maximum atomic E-state index is 5.59. The summed E-state index contributed by atoms with van der Waals surface area (Å²) in [4.78, 5) is 0. The molecule has 0 spiro atoms. The predicted molar refractivity (Wildman–Crippen MR) is 99.5 cm³/mol. The minimum atomic E-state index is -0.0894. The first-order chi connectivity index (χ1) is 13.2. The van der Waals surface area contributed by atoms with E-state index in [4.69, 9.17) is 14.2 Å². The van der Waals surface area contributed by atoms with Crippen molar-refractivity contribution in [3.05, 3.63) is 53.6 Å². The molecule has 0 amide bonds. The molecule has 2 atom stereocenters. The number of methoxy groups -OCH3 is 3. The van der Waals surface area contributed by atoms with Crippen LogP contribution in [-0.2, 0) is 0 Å². The number of tetrazole rings is 1. The molecule has 0 aliphatic carbocycles. The van der Waals surface area contributed by atoms with Gasteiger partial charge in [-0.3, -0.25) is 0 Å². The van der Waals surface area contributed by atoms with Crippen LogP contribution in [0.3, 0.4) is 0 Å². The summed E-state index contributed by atoms with van der Waals surface area (Å²) in [6, 6.07) is 13.7. The Kier molecular flexibility index (Phi) is 4.53. The molecule has 1 aliphatic rings. The molecule has 0 saturated carbocycles. The molecule has 0 unspecified atom stereocenters. The Labute approximate surface area is 157 Å². The molecule has 1 N–H and O–H groups in total. The van der Waals surface area contributed by atoms with Crippen molar-refractivity contribution in [2.24, 2.45) is 0 Å². The molecule has 140 valence electrons. The highest BCUT2D eigenvalue weighted by Crippen LogP contribution is 2.41. The Morgan fingerprint density at radius 1 is 0.963 bits per heavy atom. The summed E-state index contributed by atoms with van der Waals surface area (Å²) < 4.78 is 18.0. The maximum absolute atomic E-state index is 5.59. The van der Waals surface area contributed by atoms with E-state index in [1.807, 2.05) is 30.3 Å². The fraction of sp³-hybridized carbons (Fsp3) is 0.316. The van der Waals surface area contributed by atoms with E-state index in [9.17, 15) is 0 Å². The van der Waals surface area contributed by atoms with Crippen molar-refractivity contribution in [1.82, 2.24) is 20.2 Å². The summed E-state index contributed by atoms with van der Waals surface area (Å²) in [5.41, 5.74) is 2.11. The second kappa shape index (κ2) is 7.14. The monoisotopic (exact) mass is 367 g/mol. The van der Waals surface area contributed by atoms with Gasteiger partial charge in [-0.05, 0) is 52.7 Å². The molecule has 1 aromatic heterocycles. The number of benzene rings is 2. The fourth-order valence-electron chi connectivity index (χ4n) is 3.45. The van der Waals surface area contributed by atoms with Gasteiger partial charge in [-0.2, -0.15) is 0 Å². The molecule has 8 nitrogen and oxygen atoms in total. The zero-order chi connectivity index (χ0) is 18.8. The lowest BCUT2D eigenvalue weighted by Gasteiger charge is -2.31. The van der Waals surface area contributed by atoms with Gasteiger partial charge in [0.1, 0.15) is 17.2 Å². The van der Waals surface area contributed by atoms with Crippen LogP contribution in [0.1, 0.15) is 29.6 Å². The zero-order valence-electron chi connectivity index (χ0n) is 15.4. The molecule has 0 saturated heterocycles. The van der Waals surface area contributed by atoms with Crippen molar-refractivity contribution < 1.29 is 14.2 Å². The lowest BCUT2D eigenvalue weighted by atomic mass is 9.92. The van der Waals surface area contributed by atoms with Crippen LogP contribution < -0.4 is 19.5 Å². The Morgan fingerprint density at radius 2 is 1.70 bits per heavy atom. The Balaban J connectivity index is 1.74. The van der Waals surface area contributed by atoms with Gasteiger partial charge in [-0.1, -0.05) is 17.2 Å². The quantitative estimate of drug-likeness (QED) is 0.742. The average molecular weight is 367 g/mol. The third kappa shape index (κ3) is 3.14. The van der Waals surface area contributed by atoms with Crippen LogP contribution in [-0.4, -0.2) is 41.5 Å². The minimum absolute atomic E-state index is 0.0512. The molecular weight excluding hydrogens is 346 g/mol. The van der Waals surface area contributed by atoms with Crippen LogP contribution in [0.5, 0.6) is 17.2 Å². The SMILES string of the molecule is COc1ccc([C@H]2C[C@H](c3cc(OC)ccc3OC)n3nnnc3N2)cc1. The summed E-state index contributed by atoms with van der Waals surface area (Å²) in [5.74, 6) is 2.99. The number of rotatable bonds is 5. The largest absolute Gasteiger partial charge is 0.497 e. The number of nitrogens with zero attached hydrogens (tertiary/aromatic N) is 4. The molecule has 2 aromatic carbocycles. The highest BCUT2D eigenvalue weighted by Gasteiger charge is 2.32. The minimum Gasteiger partial charge on any atom is -0.497 e. The van der Waals surface area contributed by atoms with Gasteiger partial charge in [0.2, 0.25) is 5.95 Å². The molecule has 0 fully saturated rings. The first kappa shape index (κ1) is 17.1. The van der Waals surface area contributed by atoms with Gasteiger partial charge in [0.05, 0.1) is 33.4 Å². The van der Waals surface area contributed by atoms with E-state index in [0.717, 1.165) is 34.8 Å². The molecule has 0 bridgehead atoms. The van der Waals surface area contributed by atoms with Crippen molar-refractivity contribution in [2.75, 3.05) is 26.6 Å². The molecule has 1 aliphatic heterocycles. The summed E-state index contributed by atoms with van der Waals surface area (Å²) >= 11 is 0. The number of hydrogen-bond acceptors (Lipinski definition) is 7. The normalized spacial score (nSPS) is 18.3. The molecule has 2 heterocycles. The van der Waals surface area contributed by atoms with Crippen LogP contribution in [0.2, 0.25) is 0 Å². The number of anilines is 1. The van der Waals surface area contributed by atoms with E-state index >= 15 is 0 Å². The Morgan fingerprint density at radius 3 is 2.41 bits per heavy atom. The Hall–Kier alpha value is -3.29. The van der Waals surface area contributed by atoms with Crippen LogP contribution in [0.25, 0.3) is 0 Å². The summed E-state index contributed by atoms with van der Waals surface area (Å²) in [5, 5.41) is 15.6. The van der Waals surface area contributed by atoms with Gasteiger partial charge in [-0.25, -0.2) is 4.68 Å². The van der Waals surface area contributed by atoms with Crippen molar-refractivity contribution in [3.63, 3.8) is 0 Å². The highest BCUT2D eigenvalue weighted by atomic mass is 16.5. The fourth-order valence-corrected chi connectivity index (χ4v) is 3.45. The van der Waals surface area contributed by atoms with Crippen LogP contribution >= 0.6 is 0 Å². The third-order valence-electron chi connectivity index (χ3n) is 4.86. The number of hydrogen-bond donors (Lipinski definition) is 1. The van der Waals surface area contributed by atoms with E-state index < -0.39 is 0 Å². The lowest BCUT2D eigenvalue weighted by molar-refractivity contribution is 0.371. The van der Waals surface area contributed by atoms with Crippen molar-refractivity contribution in [1.29, 1.82) is 0 Å². The molecule has 27 heavy (non-hydrogen) atoms. The molecular formula is C19H21N5O3. The standard InChI is InChI=1S/C19H21N5O3/c1-25-13-6-4-12(5-7-13)16-11-17(24-19(20-16)21-22-23-24)15-10-14(26-2)8-9-18(15)27-3/h4-10,16-17H,11H2,1-3H3,(H,20,21,23)/t16-,17-/m1/s1. The van der Waals surface area contributed by atoms with Gasteiger partial charge in [0, 0.05) is 5.56 Å². The third-order valence-corrected chi connectivity index (χ3v) is 4.86. The van der Waals surface area contributed by atoms with Gasteiger partial charge < -0.3 is 19.5 Å². The van der Waals surface area contributed by atoms with E-state index in [1.165, 1.54) is 0 Å². The first-order valence-corrected chi connectivity index (χ1v) is 8.63. The number of nitrogens with one attached hydrogen (secondary N) is 1. The Bertz CT molecular complexity index is 925. The average Bonchev–Trinajstić information content (AvgIpc) is 3.21. The van der Waals surface area contributed by atoms with E-state index in [0.29, 0.717) is 5.95 Å². The van der Waals surface area contributed by atoms with Gasteiger partial charge >= 0.3 is 0 Å². The van der Waals surface area contributed by atoms with Gasteiger partial charge in [-0.15, -0.1) is 0 Å². The number of ether oxygens (including phenoxy) is 3. The smallest absolute Gasteiger partial charge is 0.243 e. The molecule has 0 radical (unpaired) electrons. The van der Waals surface area contributed by atoms with Crippen LogP contribution in [0.4, 0.5) is 5.95 Å². The van der Waals surface area contributed by atoms with E-state index in [1.54, 1.807) is 26.0 Å². The van der Waals surface area contributed by atoms with E-state index in [2.05, 4.69) is 33.0 Å². The second-order valence-corrected chi connectivity index (χ2v) is 6.28. The predicted octanol–water partition coefficient (Wildman–Crippen LogP) is 2.85. The zero-order valence-corrected chi connectivity index (χ0v) is 15.4. The molecule has 4 rings (SSSR count). The van der Waals surface area contributed by atoms with Crippen LogP contribution in [0.15, 0.2) is 42.5 Å². The molecule has 3 aromatic rings. The van der Waals surface area contributed by atoms with Gasteiger partial charge in [0.25, 0.3) is 0 Å². The highest BCUT2D eigenvalue weighted by molar-refractivity contribution is 5.46. The van der Waals surface area contributed by atoms with Crippen molar-refractivity contribution in [3.8, 4) is 17.2 Å². The van der Waals surface area contributed by atoms with Crippen molar-refractivity contribution >= 4 is 5.95 Å². The lowest BCUT2D eigenvalue weighted by Crippen LogP contribution is -2.28. The summed E-state index contributed by atoms with van der Waals surface area (Å²) in [6.07, 6.45) is 0.758. The van der Waals surface area contributed by atoms with E-state index in [-0.39, 0.29) is 12.1 Å². The maximum Gasteiger partial charge on any atom is 0.243 e. The summed E-state index contributed by atoms with van der Waals surface area (Å²) in [6.45, 7) is 0. The van der Waals surface area contributed by atoms with Gasteiger partial charge in [0.15, 0.2) is 0 Å². The summed E-state index contributed by atoms with van der Waals surface area (Å²) in [7, 11) is 4.97. The van der Waals surface area contributed by atoms with Crippen molar-refractivity contribution in [2.45, 2.75) is 18.5 Å². The number of fused-ring (bicyclic) bond motifs is 1. The topological polar surface area (TPSA) is 83.3 Å². The molecule has 8 heteroatoms. The number of aromatic nitrogens is 4. The van der Waals surface area contributed by atoms with Crippen LogP contribution in [0, 0.1) is 0 Å².